The Hall–Kier alpha value is -4.33. The lowest BCUT2D eigenvalue weighted by Gasteiger charge is -2.26. The van der Waals surface area contributed by atoms with Crippen LogP contribution in [0.2, 0.25) is 0 Å². The summed E-state index contributed by atoms with van der Waals surface area (Å²) >= 11 is 0. The molecule has 0 unspecified atom stereocenters. The first-order valence-corrected chi connectivity index (χ1v) is 11.1. The zero-order chi connectivity index (χ0) is 25.1. The highest BCUT2D eigenvalue weighted by Crippen LogP contribution is 2.42. The van der Waals surface area contributed by atoms with Crippen LogP contribution in [0.3, 0.4) is 0 Å². The second kappa shape index (κ2) is 9.89. The molecule has 35 heavy (non-hydrogen) atoms. The van der Waals surface area contributed by atoms with Crippen LogP contribution in [0.1, 0.15) is 35.2 Å². The van der Waals surface area contributed by atoms with Crippen molar-refractivity contribution in [2.45, 2.75) is 26.4 Å². The highest BCUT2D eigenvalue weighted by Gasteiger charge is 2.46. The third-order valence-electron chi connectivity index (χ3n) is 5.88. The van der Waals surface area contributed by atoms with E-state index < -0.39 is 17.7 Å². The van der Waals surface area contributed by atoms with Crippen LogP contribution in [0, 0.1) is 6.92 Å². The van der Waals surface area contributed by atoms with E-state index in [2.05, 4.69) is 4.98 Å². The van der Waals surface area contributed by atoms with Crippen LogP contribution >= 0.6 is 0 Å². The molecule has 1 fully saturated rings. The van der Waals surface area contributed by atoms with Gasteiger partial charge < -0.3 is 24.6 Å². The molecule has 0 aliphatic carbocycles. The van der Waals surface area contributed by atoms with Gasteiger partial charge in [0.1, 0.15) is 11.5 Å². The molecule has 1 saturated heterocycles. The Morgan fingerprint density at radius 3 is 2.57 bits per heavy atom. The van der Waals surface area contributed by atoms with Gasteiger partial charge in [0, 0.05) is 24.5 Å². The SMILES string of the molecule is CCOc1cc([C@H]2C(=C(O)c3ccc(OC)c(C)c3)C(=O)C(=O)N2Cc2cccnc2)ccc1O. The summed E-state index contributed by atoms with van der Waals surface area (Å²) in [6, 6.07) is 12.3. The van der Waals surface area contributed by atoms with Crippen molar-refractivity contribution in [2.24, 2.45) is 0 Å². The number of aromatic nitrogens is 1. The summed E-state index contributed by atoms with van der Waals surface area (Å²) < 4.78 is 10.8. The van der Waals surface area contributed by atoms with Crippen molar-refractivity contribution >= 4 is 17.4 Å². The molecule has 4 rings (SSSR count). The van der Waals surface area contributed by atoms with Gasteiger partial charge >= 0.3 is 0 Å². The molecule has 0 bridgehead atoms. The van der Waals surface area contributed by atoms with Gasteiger partial charge in [-0.15, -0.1) is 0 Å². The first-order valence-electron chi connectivity index (χ1n) is 11.1. The summed E-state index contributed by atoms with van der Waals surface area (Å²) in [5.74, 6) is -1.04. The molecule has 0 saturated carbocycles. The number of benzene rings is 2. The Morgan fingerprint density at radius 1 is 1.11 bits per heavy atom. The molecule has 2 N–H and O–H groups in total. The lowest BCUT2D eigenvalue weighted by molar-refractivity contribution is -0.140. The first kappa shape index (κ1) is 23.8. The van der Waals surface area contributed by atoms with Gasteiger partial charge in [0.05, 0.1) is 25.3 Å². The maximum Gasteiger partial charge on any atom is 0.295 e. The van der Waals surface area contributed by atoms with Gasteiger partial charge in [-0.05, 0) is 66.9 Å². The highest BCUT2D eigenvalue weighted by atomic mass is 16.5. The molecular weight excluding hydrogens is 448 g/mol. The average molecular weight is 475 g/mol. The Bertz CT molecular complexity index is 1300. The Labute approximate surface area is 203 Å². The Balaban J connectivity index is 1.89. The fraction of sp³-hybridized carbons (Fsp3) is 0.222. The summed E-state index contributed by atoms with van der Waals surface area (Å²) in [5.41, 5.74) is 2.35. The van der Waals surface area contributed by atoms with E-state index in [1.54, 1.807) is 68.9 Å². The summed E-state index contributed by atoms with van der Waals surface area (Å²) in [6.45, 7) is 4.03. The number of methoxy groups -OCH3 is 1. The highest BCUT2D eigenvalue weighted by molar-refractivity contribution is 6.46. The van der Waals surface area contributed by atoms with E-state index >= 15 is 0 Å². The zero-order valence-corrected chi connectivity index (χ0v) is 19.7. The summed E-state index contributed by atoms with van der Waals surface area (Å²) in [4.78, 5) is 31.9. The fourth-order valence-electron chi connectivity index (χ4n) is 4.23. The van der Waals surface area contributed by atoms with Crippen LogP contribution in [0.15, 0.2) is 66.5 Å². The number of Topliss-reactive ketones (excluding diaryl/α,β-unsaturated/α-hetero) is 1. The Morgan fingerprint density at radius 2 is 1.91 bits per heavy atom. The van der Waals surface area contributed by atoms with Gasteiger partial charge in [0.15, 0.2) is 11.5 Å². The quantitative estimate of drug-likeness (QED) is 0.301. The van der Waals surface area contributed by atoms with Crippen LogP contribution < -0.4 is 9.47 Å². The van der Waals surface area contributed by atoms with Gasteiger partial charge in [0.2, 0.25) is 0 Å². The number of carbonyl (C=O) groups is 2. The summed E-state index contributed by atoms with van der Waals surface area (Å²) in [6.07, 6.45) is 3.24. The largest absolute Gasteiger partial charge is 0.507 e. The van der Waals surface area contributed by atoms with E-state index in [-0.39, 0.29) is 29.4 Å². The maximum atomic E-state index is 13.3. The maximum absolute atomic E-state index is 13.3. The molecule has 8 heteroatoms. The number of phenols is 1. The number of rotatable bonds is 7. The van der Waals surface area contributed by atoms with Crippen molar-refractivity contribution in [3.63, 3.8) is 0 Å². The molecular formula is C27H26N2O6. The first-order chi connectivity index (χ1) is 16.8. The van der Waals surface area contributed by atoms with Crippen LogP contribution in [0.25, 0.3) is 5.76 Å². The Kier molecular flexibility index (Phi) is 6.73. The number of carbonyl (C=O) groups excluding carboxylic acids is 2. The van der Waals surface area contributed by atoms with Crippen LogP contribution in [-0.4, -0.2) is 45.5 Å². The number of aliphatic hydroxyl groups is 1. The molecule has 8 nitrogen and oxygen atoms in total. The van der Waals surface area contributed by atoms with Gasteiger partial charge in [0.25, 0.3) is 11.7 Å². The molecule has 0 spiro atoms. The molecule has 3 aromatic rings. The van der Waals surface area contributed by atoms with Gasteiger partial charge in [-0.2, -0.15) is 0 Å². The lowest BCUT2D eigenvalue weighted by atomic mass is 9.94. The topological polar surface area (TPSA) is 109 Å². The van der Waals surface area contributed by atoms with Crippen molar-refractivity contribution < 1.29 is 29.3 Å². The van der Waals surface area contributed by atoms with Crippen LogP contribution in [-0.2, 0) is 16.1 Å². The molecule has 180 valence electrons. The number of aromatic hydroxyl groups is 1. The van der Waals surface area contributed by atoms with Gasteiger partial charge in [-0.25, -0.2) is 0 Å². The minimum Gasteiger partial charge on any atom is -0.507 e. The number of pyridine rings is 1. The number of likely N-dealkylation sites (tertiary alicyclic amines) is 1. The number of hydrogen-bond donors (Lipinski definition) is 2. The number of hydrogen-bond acceptors (Lipinski definition) is 7. The van der Waals surface area contributed by atoms with Crippen molar-refractivity contribution in [3.05, 3.63) is 88.8 Å². The molecule has 1 amide bonds. The van der Waals surface area contributed by atoms with Crippen LogP contribution in [0.4, 0.5) is 0 Å². The van der Waals surface area contributed by atoms with E-state index in [0.29, 0.717) is 23.5 Å². The minimum absolute atomic E-state index is 0.0448. The van der Waals surface area contributed by atoms with E-state index in [9.17, 15) is 19.8 Å². The van der Waals surface area contributed by atoms with Gasteiger partial charge in [-0.3, -0.25) is 14.6 Å². The number of ether oxygens (including phenoxy) is 2. The third-order valence-corrected chi connectivity index (χ3v) is 5.88. The number of amides is 1. The van der Waals surface area contributed by atoms with Gasteiger partial charge in [-0.1, -0.05) is 12.1 Å². The third kappa shape index (κ3) is 4.55. The number of phenolic OH excluding ortho intramolecular Hbond substituents is 1. The predicted molar refractivity (Wildman–Crippen MR) is 129 cm³/mol. The smallest absolute Gasteiger partial charge is 0.295 e. The predicted octanol–water partition coefficient (Wildman–Crippen LogP) is 4.12. The summed E-state index contributed by atoms with van der Waals surface area (Å²) in [5, 5.41) is 21.5. The van der Waals surface area contributed by atoms with E-state index in [1.165, 1.54) is 11.0 Å². The molecule has 1 aromatic heterocycles. The molecule has 1 atom stereocenters. The molecule has 2 heterocycles. The summed E-state index contributed by atoms with van der Waals surface area (Å²) in [7, 11) is 1.55. The molecule has 2 aromatic carbocycles. The average Bonchev–Trinajstić information content (AvgIpc) is 3.10. The number of aliphatic hydroxyl groups excluding tert-OH is 1. The number of ketones is 1. The minimum atomic E-state index is -0.905. The standard InChI is InChI=1S/C27H26N2O6/c1-4-35-22-13-18(7-9-20(22)30)24-23(25(31)19-8-10-21(34-3)16(2)12-19)26(32)27(33)29(24)15-17-6-5-11-28-14-17/h5-14,24,30-31H,4,15H2,1-3H3/t24-/m0/s1. The van der Waals surface area contributed by atoms with Crippen LogP contribution in [0.5, 0.6) is 17.2 Å². The fourth-order valence-corrected chi connectivity index (χ4v) is 4.23. The second-order valence-corrected chi connectivity index (χ2v) is 8.13. The molecule has 1 aliphatic heterocycles. The number of aryl methyl sites for hydroxylation is 1. The van der Waals surface area contributed by atoms with Crippen molar-refractivity contribution in [3.8, 4) is 17.2 Å². The second-order valence-electron chi connectivity index (χ2n) is 8.13. The van der Waals surface area contributed by atoms with Crippen molar-refractivity contribution in [1.29, 1.82) is 0 Å². The lowest BCUT2D eigenvalue weighted by Crippen LogP contribution is -2.29. The zero-order valence-electron chi connectivity index (χ0n) is 19.7. The van der Waals surface area contributed by atoms with Crippen molar-refractivity contribution in [2.75, 3.05) is 13.7 Å². The number of nitrogens with zero attached hydrogens (tertiary/aromatic N) is 2. The van der Waals surface area contributed by atoms with E-state index in [1.807, 2.05) is 6.92 Å². The monoisotopic (exact) mass is 474 g/mol. The van der Waals surface area contributed by atoms with Crippen molar-refractivity contribution in [1.82, 2.24) is 9.88 Å². The normalized spacial score (nSPS) is 17.0. The van der Waals surface area contributed by atoms with E-state index in [4.69, 9.17) is 9.47 Å². The van der Waals surface area contributed by atoms with E-state index in [0.717, 1.165) is 11.1 Å². The molecule has 0 radical (unpaired) electrons. The molecule has 1 aliphatic rings.